The van der Waals surface area contributed by atoms with Gasteiger partial charge in [-0.15, -0.1) is 11.6 Å². The monoisotopic (exact) mass is 398 g/mol. The quantitative estimate of drug-likeness (QED) is 0.381. The van der Waals surface area contributed by atoms with Crippen molar-refractivity contribution in [2.75, 3.05) is 12.5 Å². The first-order valence-corrected chi connectivity index (χ1v) is 8.80. The van der Waals surface area contributed by atoms with Crippen LogP contribution in [0.1, 0.15) is 29.5 Å². The van der Waals surface area contributed by atoms with Crippen molar-refractivity contribution in [1.82, 2.24) is 0 Å². The van der Waals surface area contributed by atoms with Crippen molar-refractivity contribution < 1.29 is 27.5 Å². The van der Waals surface area contributed by atoms with E-state index < -0.39 is 41.2 Å². The Morgan fingerprint density at radius 1 is 1.04 bits per heavy atom. The number of halogens is 4. The van der Waals surface area contributed by atoms with Crippen LogP contribution in [0.2, 0.25) is 0 Å². The highest BCUT2D eigenvalue weighted by atomic mass is 35.5. The van der Waals surface area contributed by atoms with Crippen LogP contribution in [0, 0.1) is 5.92 Å². The number of hydrogen-bond donors (Lipinski definition) is 0. The predicted octanol–water partition coefficient (Wildman–Crippen LogP) is 4.82. The molecule has 0 bridgehead atoms. The molecule has 2 unspecified atom stereocenters. The van der Waals surface area contributed by atoms with Gasteiger partial charge >= 0.3 is 12.1 Å². The maximum Gasteiger partial charge on any atom is 0.416 e. The van der Waals surface area contributed by atoms with Crippen molar-refractivity contribution in [3.8, 4) is 0 Å². The second-order valence-corrected chi connectivity index (χ2v) is 6.11. The molecule has 2 aromatic rings. The maximum atomic E-state index is 13.2. The molecule has 0 spiro atoms. The Labute approximate surface area is 160 Å². The van der Waals surface area contributed by atoms with Crippen LogP contribution >= 0.6 is 11.6 Å². The van der Waals surface area contributed by atoms with E-state index in [1.165, 1.54) is 12.1 Å². The third kappa shape index (κ3) is 5.10. The number of benzene rings is 2. The van der Waals surface area contributed by atoms with Gasteiger partial charge in [0.2, 0.25) is 0 Å². The molecule has 0 saturated carbocycles. The second kappa shape index (κ2) is 9.04. The fraction of sp³-hybridized carbons (Fsp3) is 0.300. The maximum absolute atomic E-state index is 13.2. The SMILES string of the molecule is CCOC(=O)C(C(=O)CCl)C(c1ccccc1)c1cccc(C(F)(F)F)c1. The Bertz CT molecular complexity index is 791. The zero-order valence-electron chi connectivity index (χ0n) is 14.5. The Morgan fingerprint density at radius 2 is 1.67 bits per heavy atom. The first-order valence-electron chi connectivity index (χ1n) is 8.27. The van der Waals surface area contributed by atoms with Gasteiger partial charge in [-0.25, -0.2) is 0 Å². The summed E-state index contributed by atoms with van der Waals surface area (Å²) in [5.74, 6) is -4.16. The van der Waals surface area contributed by atoms with Gasteiger partial charge in [-0.05, 0) is 24.1 Å². The van der Waals surface area contributed by atoms with Crippen LogP contribution in [0.15, 0.2) is 54.6 Å². The fourth-order valence-corrected chi connectivity index (χ4v) is 3.08. The van der Waals surface area contributed by atoms with E-state index in [9.17, 15) is 22.8 Å². The van der Waals surface area contributed by atoms with Gasteiger partial charge in [0, 0.05) is 5.92 Å². The van der Waals surface area contributed by atoms with E-state index in [-0.39, 0.29) is 12.2 Å². The molecule has 3 nitrogen and oxygen atoms in total. The molecule has 2 atom stereocenters. The molecule has 0 heterocycles. The number of ether oxygens (including phenoxy) is 1. The van der Waals surface area contributed by atoms with Gasteiger partial charge in [0.25, 0.3) is 0 Å². The minimum absolute atomic E-state index is 0.0367. The molecular formula is C20H18ClF3O3. The van der Waals surface area contributed by atoms with Crippen LogP contribution in [0.4, 0.5) is 13.2 Å². The normalized spacial score (nSPS) is 13.7. The zero-order chi connectivity index (χ0) is 20.0. The lowest BCUT2D eigenvalue weighted by Crippen LogP contribution is -2.33. The molecule has 0 aliphatic rings. The lowest BCUT2D eigenvalue weighted by atomic mass is 9.78. The number of alkyl halides is 4. The van der Waals surface area contributed by atoms with E-state index in [0.717, 1.165) is 12.1 Å². The fourth-order valence-electron chi connectivity index (χ4n) is 2.91. The molecule has 144 valence electrons. The van der Waals surface area contributed by atoms with Crippen molar-refractivity contribution in [3.63, 3.8) is 0 Å². The standard InChI is InChI=1S/C20H18ClF3O3/c1-2-27-19(26)18(16(25)12-21)17(13-7-4-3-5-8-13)14-9-6-10-15(11-14)20(22,23)24/h3-11,17-18H,2,12H2,1H3. The van der Waals surface area contributed by atoms with E-state index in [1.807, 2.05) is 0 Å². The van der Waals surface area contributed by atoms with Crippen molar-refractivity contribution >= 4 is 23.4 Å². The minimum atomic E-state index is -4.55. The van der Waals surface area contributed by atoms with E-state index in [1.54, 1.807) is 37.3 Å². The van der Waals surface area contributed by atoms with Crippen LogP contribution in [0.5, 0.6) is 0 Å². The Hall–Kier alpha value is -2.34. The summed E-state index contributed by atoms with van der Waals surface area (Å²) in [5, 5.41) is 0. The lowest BCUT2D eigenvalue weighted by Gasteiger charge is -2.26. The largest absolute Gasteiger partial charge is 0.465 e. The van der Waals surface area contributed by atoms with Crippen LogP contribution in [0.25, 0.3) is 0 Å². The molecule has 7 heteroatoms. The summed E-state index contributed by atoms with van der Waals surface area (Å²) >= 11 is 5.68. The Balaban J connectivity index is 2.64. The van der Waals surface area contributed by atoms with Crippen LogP contribution in [-0.2, 0) is 20.5 Å². The summed E-state index contributed by atoms with van der Waals surface area (Å²) in [5.41, 5.74) is -0.150. The van der Waals surface area contributed by atoms with Crippen LogP contribution in [0.3, 0.4) is 0 Å². The highest BCUT2D eigenvalue weighted by Gasteiger charge is 2.38. The highest BCUT2D eigenvalue weighted by Crippen LogP contribution is 2.37. The zero-order valence-corrected chi connectivity index (χ0v) is 15.3. The first kappa shape index (κ1) is 21.0. The topological polar surface area (TPSA) is 43.4 Å². The molecule has 0 amide bonds. The van der Waals surface area contributed by atoms with Gasteiger partial charge in [0.05, 0.1) is 18.1 Å². The Kier molecular flexibility index (Phi) is 7.02. The molecule has 0 fully saturated rings. The minimum Gasteiger partial charge on any atom is -0.465 e. The molecular weight excluding hydrogens is 381 g/mol. The van der Waals surface area contributed by atoms with Crippen LogP contribution < -0.4 is 0 Å². The molecule has 0 saturated heterocycles. The molecule has 0 radical (unpaired) electrons. The summed E-state index contributed by atoms with van der Waals surface area (Å²) in [4.78, 5) is 24.9. The lowest BCUT2D eigenvalue weighted by molar-refractivity contribution is -0.151. The third-order valence-corrected chi connectivity index (χ3v) is 4.35. The average molecular weight is 399 g/mol. The van der Waals surface area contributed by atoms with E-state index in [4.69, 9.17) is 16.3 Å². The van der Waals surface area contributed by atoms with Crippen LogP contribution in [-0.4, -0.2) is 24.2 Å². The second-order valence-electron chi connectivity index (χ2n) is 5.84. The number of carbonyl (C=O) groups is 2. The number of rotatable bonds is 7. The van der Waals surface area contributed by atoms with Gasteiger partial charge in [-0.1, -0.05) is 48.5 Å². The van der Waals surface area contributed by atoms with E-state index in [0.29, 0.717) is 5.56 Å². The van der Waals surface area contributed by atoms with Crippen molar-refractivity contribution in [2.45, 2.75) is 19.0 Å². The number of hydrogen-bond acceptors (Lipinski definition) is 3. The van der Waals surface area contributed by atoms with E-state index >= 15 is 0 Å². The predicted molar refractivity (Wildman–Crippen MR) is 95.6 cm³/mol. The number of esters is 1. The summed E-state index contributed by atoms with van der Waals surface area (Å²) in [6.07, 6.45) is -4.55. The Morgan fingerprint density at radius 3 is 2.22 bits per heavy atom. The van der Waals surface area contributed by atoms with Crippen molar-refractivity contribution in [3.05, 3.63) is 71.3 Å². The van der Waals surface area contributed by atoms with Gasteiger partial charge in [-0.3, -0.25) is 9.59 Å². The number of Topliss-reactive ketones (excluding diaryl/α,β-unsaturated/α-hetero) is 1. The average Bonchev–Trinajstić information content (AvgIpc) is 2.65. The van der Waals surface area contributed by atoms with Gasteiger partial charge in [-0.2, -0.15) is 13.2 Å². The highest BCUT2D eigenvalue weighted by molar-refractivity contribution is 6.29. The summed E-state index contributed by atoms with van der Waals surface area (Å²) in [6, 6.07) is 13.0. The van der Waals surface area contributed by atoms with Gasteiger partial charge < -0.3 is 4.74 Å². The number of carbonyl (C=O) groups excluding carboxylic acids is 2. The summed E-state index contributed by atoms with van der Waals surface area (Å²) in [6.45, 7) is 1.62. The summed E-state index contributed by atoms with van der Waals surface area (Å²) in [7, 11) is 0. The third-order valence-electron chi connectivity index (χ3n) is 4.08. The first-order chi connectivity index (χ1) is 12.8. The molecule has 27 heavy (non-hydrogen) atoms. The summed E-state index contributed by atoms with van der Waals surface area (Å²) < 4.78 is 44.5. The number of ketones is 1. The molecule has 0 aliphatic carbocycles. The van der Waals surface area contributed by atoms with Gasteiger partial charge in [0.1, 0.15) is 5.92 Å². The van der Waals surface area contributed by atoms with Crippen molar-refractivity contribution in [2.24, 2.45) is 5.92 Å². The van der Waals surface area contributed by atoms with Crippen molar-refractivity contribution in [1.29, 1.82) is 0 Å². The van der Waals surface area contributed by atoms with E-state index in [2.05, 4.69) is 0 Å². The van der Waals surface area contributed by atoms with Gasteiger partial charge in [0.15, 0.2) is 5.78 Å². The molecule has 2 aromatic carbocycles. The molecule has 0 N–H and O–H groups in total. The smallest absolute Gasteiger partial charge is 0.416 e. The molecule has 0 aliphatic heterocycles. The molecule has 2 rings (SSSR count). The molecule has 0 aromatic heterocycles.